The number of piperazine rings is 1. The molecule has 2 rings (SSSR count). The average molecular weight is 280 g/mol. The predicted octanol–water partition coefficient (Wildman–Crippen LogP) is 2.33. The summed E-state index contributed by atoms with van der Waals surface area (Å²) in [5.41, 5.74) is -0.676. The Morgan fingerprint density at radius 1 is 1.30 bits per heavy atom. The summed E-state index contributed by atoms with van der Waals surface area (Å²) in [7, 11) is 0. The van der Waals surface area contributed by atoms with Crippen LogP contribution in [0.1, 0.15) is 59.8 Å². The van der Waals surface area contributed by atoms with Crippen LogP contribution in [0.3, 0.4) is 0 Å². The van der Waals surface area contributed by atoms with Gasteiger partial charge in [-0.15, -0.1) is 0 Å². The fourth-order valence-electron chi connectivity index (χ4n) is 3.44. The quantitative estimate of drug-likeness (QED) is 0.859. The van der Waals surface area contributed by atoms with Crippen LogP contribution in [0.15, 0.2) is 0 Å². The minimum Gasteiger partial charge on any atom is -0.342 e. The molecule has 0 spiro atoms. The van der Waals surface area contributed by atoms with Gasteiger partial charge in [0.15, 0.2) is 0 Å². The minimum absolute atomic E-state index is 0.0105. The van der Waals surface area contributed by atoms with Crippen LogP contribution in [0, 0.1) is 11.8 Å². The average Bonchev–Trinajstić information content (AvgIpc) is 2.91. The highest BCUT2D eigenvalue weighted by Crippen LogP contribution is 2.32. The van der Waals surface area contributed by atoms with Gasteiger partial charge in [-0.25, -0.2) is 0 Å². The first-order valence-electron chi connectivity index (χ1n) is 8.02. The van der Waals surface area contributed by atoms with E-state index in [0.717, 1.165) is 6.54 Å². The van der Waals surface area contributed by atoms with E-state index < -0.39 is 5.54 Å². The van der Waals surface area contributed by atoms with Gasteiger partial charge in [0, 0.05) is 6.54 Å². The molecule has 2 atom stereocenters. The zero-order valence-electron chi connectivity index (χ0n) is 13.2. The van der Waals surface area contributed by atoms with Gasteiger partial charge in [0.25, 0.3) is 0 Å². The molecule has 4 heteroatoms. The van der Waals surface area contributed by atoms with E-state index >= 15 is 0 Å². The third-order valence-corrected chi connectivity index (χ3v) is 5.17. The van der Waals surface area contributed by atoms with Crippen LogP contribution in [0.5, 0.6) is 0 Å². The largest absolute Gasteiger partial charge is 0.342 e. The first-order valence-corrected chi connectivity index (χ1v) is 8.02. The monoisotopic (exact) mass is 280 g/mol. The maximum Gasteiger partial charge on any atom is 0.246 e. The Hall–Kier alpha value is -1.06. The molecule has 0 aromatic rings. The molecule has 0 bridgehead atoms. The van der Waals surface area contributed by atoms with E-state index in [4.69, 9.17) is 0 Å². The van der Waals surface area contributed by atoms with Crippen molar-refractivity contribution in [1.29, 1.82) is 0 Å². The molecule has 1 heterocycles. The van der Waals surface area contributed by atoms with Crippen molar-refractivity contribution in [2.45, 2.75) is 71.4 Å². The summed E-state index contributed by atoms with van der Waals surface area (Å²) in [6.07, 6.45) is 5.57. The Kier molecular flexibility index (Phi) is 4.40. The summed E-state index contributed by atoms with van der Waals surface area (Å²) < 4.78 is 0. The molecule has 2 aliphatic rings. The highest BCUT2D eigenvalue weighted by molar-refractivity contribution is 5.99. The normalized spacial score (nSPS) is 32.0. The lowest BCUT2D eigenvalue weighted by Gasteiger charge is -2.47. The molecule has 1 N–H and O–H groups in total. The second-order valence-electron chi connectivity index (χ2n) is 6.92. The Morgan fingerprint density at radius 2 is 1.90 bits per heavy atom. The summed E-state index contributed by atoms with van der Waals surface area (Å²) in [5.74, 6) is 0.828. The molecule has 114 valence electrons. The Labute approximate surface area is 122 Å². The molecule has 1 saturated carbocycles. The zero-order valence-corrected chi connectivity index (χ0v) is 13.2. The van der Waals surface area contributed by atoms with Crippen molar-refractivity contribution in [1.82, 2.24) is 10.2 Å². The van der Waals surface area contributed by atoms with E-state index in [1.165, 1.54) is 25.7 Å². The number of amides is 2. The molecule has 4 nitrogen and oxygen atoms in total. The molecule has 20 heavy (non-hydrogen) atoms. The Morgan fingerprint density at radius 3 is 2.40 bits per heavy atom. The van der Waals surface area contributed by atoms with Crippen LogP contribution in [0.4, 0.5) is 0 Å². The number of hydrogen-bond acceptors (Lipinski definition) is 2. The molecule has 0 aromatic heterocycles. The van der Waals surface area contributed by atoms with Crippen molar-refractivity contribution in [3.8, 4) is 0 Å². The third-order valence-electron chi connectivity index (χ3n) is 5.17. The fourth-order valence-corrected chi connectivity index (χ4v) is 3.44. The molecule has 2 amide bonds. The van der Waals surface area contributed by atoms with E-state index in [1.54, 1.807) is 0 Å². The Bertz CT molecular complexity index is 388. The van der Waals surface area contributed by atoms with Crippen LogP contribution in [-0.4, -0.2) is 34.8 Å². The van der Waals surface area contributed by atoms with Crippen molar-refractivity contribution in [2.75, 3.05) is 6.54 Å². The number of carbonyl (C=O) groups is 2. The maximum atomic E-state index is 12.8. The van der Waals surface area contributed by atoms with E-state index in [2.05, 4.69) is 5.32 Å². The summed E-state index contributed by atoms with van der Waals surface area (Å²) in [6, 6.07) is -0.358. The van der Waals surface area contributed by atoms with Gasteiger partial charge < -0.3 is 10.2 Å². The van der Waals surface area contributed by atoms with Crippen molar-refractivity contribution < 1.29 is 9.59 Å². The fraction of sp³-hybridized carbons (Fsp3) is 0.875. The van der Waals surface area contributed by atoms with E-state index in [9.17, 15) is 9.59 Å². The van der Waals surface area contributed by atoms with Gasteiger partial charge in [0.2, 0.25) is 11.8 Å². The molecule has 2 unspecified atom stereocenters. The van der Waals surface area contributed by atoms with E-state index in [0.29, 0.717) is 12.3 Å². The van der Waals surface area contributed by atoms with Crippen molar-refractivity contribution in [2.24, 2.45) is 11.8 Å². The van der Waals surface area contributed by atoms with Crippen LogP contribution in [-0.2, 0) is 9.59 Å². The molecular formula is C16H28N2O2. The van der Waals surface area contributed by atoms with Gasteiger partial charge in [0.1, 0.15) is 11.6 Å². The number of nitrogens with zero attached hydrogens (tertiary/aromatic N) is 1. The smallest absolute Gasteiger partial charge is 0.246 e. The minimum atomic E-state index is -0.676. The lowest BCUT2D eigenvalue weighted by molar-refractivity contribution is -0.158. The topological polar surface area (TPSA) is 49.4 Å². The molecule has 1 saturated heterocycles. The second kappa shape index (κ2) is 5.74. The zero-order chi connectivity index (χ0) is 14.9. The van der Waals surface area contributed by atoms with Gasteiger partial charge in [-0.3, -0.25) is 9.59 Å². The lowest BCUT2D eigenvalue weighted by atomic mass is 9.86. The van der Waals surface area contributed by atoms with Crippen LogP contribution >= 0.6 is 0 Å². The highest BCUT2D eigenvalue weighted by Gasteiger charge is 2.49. The second-order valence-corrected chi connectivity index (χ2v) is 6.92. The maximum absolute atomic E-state index is 12.8. The summed E-state index contributed by atoms with van der Waals surface area (Å²) in [6.45, 7) is 8.63. The van der Waals surface area contributed by atoms with Gasteiger partial charge in [-0.05, 0) is 38.0 Å². The van der Waals surface area contributed by atoms with Crippen molar-refractivity contribution in [3.05, 3.63) is 0 Å². The summed E-state index contributed by atoms with van der Waals surface area (Å²) in [4.78, 5) is 27.2. The SMILES string of the molecule is CCC1(C)C(=O)NC(C(C)C)C(=O)N1CC1CCCC1. The summed E-state index contributed by atoms with van der Waals surface area (Å²) in [5, 5.41) is 2.93. The number of rotatable bonds is 4. The first kappa shape index (κ1) is 15.3. The van der Waals surface area contributed by atoms with Crippen molar-refractivity contribution in [3.63, 3.8) is 0 Å². The highest BCUT2D eigenvalue weighted by atomic mass is 16.2. The predicted molar refractivity (Wildman–Crippen MR) is 79.1 cm³/mol. The van der Waals surface area contributed by atoms with Crippen LogP contribution < -0.4 is 5.32 Å². The van der Waals surface area contributed by atoms with Gasteiger partial charge in [-0.2, -0.15) is 0 Å². The summed E-state index contributed by atoms with van der Waals surface area (Å²) >= 11 is 0. The molecule has 2 fully saturated rings. The molecule has 1 aliphatic heterocycles. The van der Waals surface area contributed by atoms with Crippen molar-refractivity contribution >= 4 is 11.8 Å². The third kappa shape index (κ3) is 2.57. The van der Waals surface area contributed by atoms with Crippen LogP contribution in [0.25, 0.3) is 0 Å². The first-order chi connectivity index (χ1) is 9.40. The van der Waals surface area contributed by atoms with E-state index in [-0.39, 0.29) is 23.8 Å². The molecule has 0 radical (unpaired) electrons. The standard InChI is InChI=1S/C16H28N2O2/c1-5-16(4)15(20)17-13(11(2)3)14(19)18(16)10-12-8-6-7-9-12/h11-13H,5-10H2,1-4H3,(H,17,20). The molecule has 0 aromatic carbocycles. The van der Waals surface area contributed by atoms with Gasteiger partial charge in [0.05, 0.1) is 0 Å². The van der Waals surface area contributed by atoms with E-state index in [1.807, 2.05) is 32.6 Å². The molecular weight excluding hydrogens is 252 g/mol. The molecule has 1 aliphatic carbocycles. The van der Waals surface area contributed by atoms with Gasteiger partial charge in [-0.1, -0.05) is 33.6 Å². The van der Waals surface area contributed by atoms with Crippen LogP contribution in [0.2, 0.25) is 0 Å². The number of hydrogen-bond donors (Lipinski definition) is 1. The van der Waals surface area contributed by atoms with Gasteiger partial charge >= 0.3 is 0 Å². The number of nitrogens with one attached hydrogen (secondary N) is 1. The lowest BCUT2D eigenvalue weighted by Crippen LogP contribution is -2.70. The Balaban J connectivity index is 2.24. The number of carbonyl (C=O) groups excluding carboxylic acids is 2.